The summed E-state index contributed by atoms with van der Waals surface area (Å²) in [6, 6.07) is 0. The first-order valence-corrected chi connectivity index (χ1v) is 6.72. The van der Waals surface area contributed by atoms with Crippen molar-refractivity contribution in [1.29, 1.82) is 0 Å². The summed E-state index contributed by atoms with van der Waals surface area (Å²) < 4.78 is 6.26. The van der Waals surface area contributed by atoms with Crippen molar-refractivity contribution in [3.05, 3.63) is 16.0 Å². The van der Waals surface area contributed by atoms with Gasteiger partial charge in [0.2, 0.25) is 11.2 Å². The highest BCUT2D eigenvalue weighted by Gasteiger charge is 2.04. The van der Waals surface area contributed by atoms with E-state index in [1.807, 2.05) is 0 Å². The Morgan fingerprint density at radius 1 is 1.31 bits per heavy atom. The summed E-state index contributed by atoms with van der Waals surface area (Å²) in [7, 11) is 0. The van der Waals surface area contributed by atoms with Crippen LogP contribution in [0, 0.1) is 0 Å². The van der Waals surface area contributed by atoms with E-state index >= 15 is 0 Å². The molecule has 3 nitrogen and oxygen atoms in total. The van der Waals surface area contributed by atoms with E-state index in [2.05, 4.69) is 32.8 Å². The Bertz CT molecular complexity index is 323. The number of halogens is 2. The van der Waals surface area contributed by atoms with Crippen LogP contribution in [0.3, 0.4) is 0 Å². The lowest BCUT2D eigenvalue weighted by molar-refractivity contribution is 0.291. The molecule has 0 radical (unpaired) electrons. The second-order valence-electron chi connectivity index (χ2n) is 3.55. The SMILES string of the molecule is CCCCCCCOc1nc(Cl)ncc1Br. The van der Waals surface area contributed by atoms with Gasteiger partial charge in [0.05, 0.1) is 11.1 Å². The normalized spacial score (nSPS) is 10.4. The summed E-state index contributed by atoms with van der Waals surface area (Å²) >= 11 is 8.99. The van der Waals surface area contributed by atoms with Crippen molar-refractivity contribution < 1.29 is 4.74 Å². The Labute approximate surface area is 110 Å². The van der Waals surface area contributed by atoms with Crippen LogP contribution in [0.1, 0.15) is 39.0 Å². The maximum absolute atomic E-state index is 5.68. The van der Waals surface area contributed by atoms with Gasteiger partial charge >= 0.3 is 0 Å². The molecule has 1 rings (SSSR count). The molecule has 0 spiro atoms. The topological polar surface area (TPSA) is 35.0 Å². The third-order valence-electron chi connectivity index (χ3n) is 2.17. The third kappa shape index (κ3) is 5.12. The summed E-state index contributed by atoms with van der Waals surface area (Å²) in [6.45, 7) is 2.88. The van der Waals surface area contributed by atoms with E-state index in [1.54, 1.807) is 6.20 Å². The van der Waals surface area contributed by atoms with E-state index in [1.165, 1.54) is 25.7 Å². The van der Waals surface area contributed by atoms with Gasteiger partial charge in [-0.1, -0.05) is 32.6 Å². The number of hydrogen-bond acceptors (Lipinski definition) is 3. The smallest absolute Gasteiger partial charge is 0.232 e. The summed E-state index contributed by atoms with van der Waals surface area (Å²) in [5.41, 5.74) is 0. The molecule has 0 fully saturated rings. The van der Waals surface area contributed by atoms with Crippen molar-refractivity contribution in [2.45, 2.75) is 39.0 Å². The first-order valence-electron chi connectivity index (χ1n) is 5.55. The minimum absolute atomic E-state index is 0.212. The van der Waals surface area contributed by atoms with Gasteiger partial charge in [-0.25, -0.2) is 4.98 Å². The molecule has 0 aliphatic carbocycles. The monoisotopic (exact) mass is 306 g/mol. The first-order chi connectivity index (χ1) is 7.74. The van der Waals surface area contributed by atoms with Crippen LogP contribution in [0.25, 0.3) is 0 Å². The summed E-state index contributed by atoms with van der Waals surface area (Å²) in [4.78, 5) is 7.83. The predicted molar refractivity (Wildman–Crippen MR) is 69.0 cm³/mol. The highest BCUT2D eigenvalue weighted by molar-refractivity contribution is 9.10. The average Bonchev–Trinajstić information content (AvgIpc) is 2.28. The summed E-state index contributed by atoms with van der Waals surface area (Å²) in [5.74, 6) is 0.524. The largest absolute Gasteiger partial charge is 0.477 e. The maximum atomic E-state index is 5.68. The van der Waals surface area contributed by atoms with Crippen molar-refractivity contribution in [2.75, 3.05) is 6.61 Å². The molecule has 5 heteroatoms. The molecule has 0 aromatic carbocycles. The van der Waals surface area contributed by atoms with Gasteiger partial charge in [-0.2, -0.15) is 4.98 Å². The van der Waals surface area contributed by atoms with Crippen LogP contribution in [-0.4, -0.2) is 16.6 Å². The highest BCUT2D eigenvalue weighted by atomic mass is 79.9. The van der Waals surface area contributed by atoms with Gasteiger partial charge in [0.25, 0.3) is 0 Å². The van der Waals surface area contributed by atoms with Crippen LogP contribution in [0.4, 0.5) is 0 Å². The molecule has 16 heavy (non-hydrogen) atoms. The number of nitrogens with zero attached hydrogens (tertiary/aromatic N) is 2. The predicted octanol–water partition coefficient (Wildman–Crippen LogP) is 4.24. The molecule has 0 amide bonds. The molecule has 0 bridgehead atoms. The molecule has 0 aliphatic rings. The Hall–Kier alpha value is -0.350. The van der Waals surface area contributed by atoms with Crippen molar-refractivity contribution in [3.8, 4) is 5.88 Å². The van der Waals surface area contributed by atoms with Crippen molar-refractivity contribution in [2.24, 2.45) is 0 Å². The second kappa shape index (κ2) is 7.85. The van der Waals surface area contributed by atoms with Gasteiger partial charge in [-0.15, -0.1) is 0 Å². The molecule has 1 heterocycles. The lowest BCUT2D eigenvalue weighted by Crippen LogP contribution is -2.00. The van der Waals surface area contributed by atoms with Crippen molar-refractivity contribution >= 4 is 27.5 Å². The second-order valence-corrected chi connectivity index (χ2v) is 4.75. The number of hydrogen-bond donors (Lipinski definition) is 0. The number of rotatable bonds is 7. The van der Waals surface area contributed by atoms with E-state index in [9.17, 15) is 0 Å². The minimum atomic E-state index is 0.212. The Kier molecular flexibility index (Phi) is 6.73. The number of unbranched alkanes of at least 4 members (excludes halogenated alkanes) is 4. The fourth-order valence-electron chi connectivity index (χ4n) is 1.31. The Morgan fingerprint density at radius 2 is 2.06 bits per heavy atom. The molecule has 0 unspecified atom stereocenters. The summed E-state index contributed by atoms with van der Waals surface area (Å²) in [6.07, 6.45) is 7.67. The van der Waals surface area contributed by atoms with Crippen molar-refractivity contribution in [1.82, 2.24) is 9.97 Å². The maximum Gasteiger partial charge on any atom is 0.232 e. The van der Waals surface area contributed by atoms with Gasteiger partial charge in [0, 0.05) is 6.20 Å². The van der Waals surface area contributed by atoms with Crippen LogP contribution in [-0.2, 0) is 0 Å². The van der Waals surface area contributed by atoms with Crippen LogP contribution < -0.4 is 4.74 Å². The molecule has 0 atom stereocenters. The van der Waals surface area contributed by atoms with Crippen LogP contribution >= 0.6 is 27.5 Å². The van der Waals surface area contributed by atoms with E-state index in [4.69, 9.17) is 16.3 Å². The molecule has 1 aromatic rings. The molecule has 0 saturated heterocycles. The number of ether oxygens (including phenoxy) is 1. The van der Waals surface area contributed by atoms with Crippen LogP contribution in [0.15, 0.2) is 10.7 Å². The van der Waals surface area contributed by atoms with E-state index in [0.29, 0.717) is 12.5 Å². The first kappa shape index (κ1) is 13.7. The van der Waals surface area contributed by atoms with Gasteiger partial charge in [-0.05, 0) is 34.0 Å². The quantitative estimate of drug-likeness (QED) is 0.558. The lowest BCUT2D eigenvalue weighted by atomic mass is 10.2. The average molecular weight is 308 g/mol. The molecule has 90 valence electrons. The standard InChI is InChI=1S/C11H16BrClN2O/c1-2-3-4-5-6-7-16-10-9(12)8-14-11(13)15-10/h8H,2-7H2,1H3. The summed E-state index contributed by atoms with van der Waals surface area (Å²) in [5, 5.41) is 0.212. The Balaban J connectivity index is 2.23. The van der Waals surface area contributed by atoms with Gasteiger partial charge in [0.15, 0.2) is 0 Å². The van der Waals surface area contributed by atoms with Gasteiger partial charge < -0.3 is 4.74 Å². The van der Waals surface area contributed by atoms with E-state index in [0.717, 1.165) is 10.9 Å². The lowest BCUT2D eigenvalue weighted by Gasteiger charge is -2.06. The van der Waals surface area contributed by atoms with E-state index < -0.39 is 0 Å². The molecule has 1 aromatic heterocycles. The van der Waals surface area contributed by atoms with Crippen LogP contribution in [0.5, 0.6) is 5.88 Å². The molecular formula is C11H16BrClN2O. The van der Waals surface area contributed by atoms with Gasteiger partial charge in [0.1, 0.15) is 0 Å². The van der Waals surface area contributed by atoms with E-state index in [-0.39, 0.29) is 5.28 Å². The highest BCUT2D eigenvalue weighted by Crippen LogP contribution is 2.22. The zero-order valence-electron chi connectivity index (χ0n) is 9.38. The molecule has 0 saturated carbocycles. The van der Waals surface area contributed by atoms with Crippen molar-refractivity contribution in [3.63, 3.8) is 0 Å². The minimum Gasteiger partial charge on any atom is -0.477 e. The molecular weight excluding hydrogens is 291 g/mol. The van der Waals surface area contributed by atoms with Gasteiger partial charge in [-0.3, -0.25) is 0 Å². The third-order valence-corrected chi connectivity index (χ3v) is 2.90. The van der Waals surface area contributed by atoms with Crippen LogP contribution in [0.2, 0.25) is 5.28 Å². The zero-order chi connectivity index (χ0) is 11.8. The fraction of sp³-hybridized carbons (Fsp3) is 0.636. The zero-order valence-corrected chi connectivity index (χ0v) is 11.7. The number of aromatic nitrogens is 2. The molecule has 0 aliphatic heterocycles. The molecule has 0 N–H and O–H groups in total. The Morgan fingerprint density at radius 3 is 2.81 bits per heavy atom. The fourth-order valence-corrected chi connectivity index (χ4v) is 1.74.